The van der Waals surface area contributed by atoms with Crippen LogP contribution in [0.5, 0.6) is 0 Å². The zero-order valence-corrected chi connectivity index (χ0v) is 17.6. The number of sulfonamides is 1. The molecular weight excluding hydrogens is 358 g/mol. The van der Waals surface area contributed by atoms with Crippen molar-refractivity contribution >= 4 is 26.6 Å². The van der Waals surface area contributed by atoms with Crippen LogP contribution in [0.25, 0.3) is 10.9 Å². The second-order valence-electron chi connectivity index (χ2n) is 8.66. The number of pyridine rings is 1. The monoisotopic (exact) mass is 389 g/mol. The van der Waals surface area contributed by atoms with E-state index >= 15 is 0 Å². The van der Waals surface area contributed by atoms with E-state index in [4.69, 9.17) is 0 Å². The molecule has 6 heteroatoms. The lowest BCUT2D eigenvalue weighted by Crippen LogP contribution is -2.46. The Morgan fingerprint density at radius 2 is 1.78 bits per heavy atom. The molecule has 2 aromatic rings. The lowest BCUT2D eigenvalue weighted by molar-refractivity contribution is 0.322. The summed E-state index contributed by atoms with van der Waals surface area (Å²) in [5.41, 5.74) is 3.16. The quantitative estimate of drug-likeness (QED) is 0.803. The average molecular weight is 390 g/mol. The van der Waals surface area contributed by atoms with E-state index in [2.05, 4.69) is 27.2 Å². The number of rotatable bonds is 5. The van der Waals surface area contributed by atoms with Crippen LogP contribution in [0, 0.1) is 12.8 Å². The van der Waals surface area contributed by atoms with E-state index in [-0.39, 0.29) is 6.04 Å². The predicted octanol–water partition coefficient (Wildman–Crippen LogP) is 4.23. The third kappa shape index (κ3) is 4.79. The van der Waals surface area contributed by atoms with Crippen LogP contribution in [-0.2, 0) is 10.0 Å². The van der Waals surface area contributed by atoms with Crippen molar-refractivity contribution < 1.29 is 8.42 Å². The highest BCUT2D eigenvalue weighted by Crippen LogP contribution is 2.28. The summed E-state index contributed by atoms with van der Waals surface area (Å²) in [6, 6.07) is 10.4. The normalized spacial score (nSPS) is 21.3. The van der Waals surface area contributed by atoms with Gasteiger partial charge in [-0.3, -0.25) is 4.98 Å². The first-order valence-electron chi connectivity index (χ1n) is 9.78. The topological polar surface area (TPSA) is 71.1 Å². The summed E-state index contributed by atoms with van der Waals surface area (Å²) >= 11 is 0. The van der Waals surface area contributed by atoms with Gasteiger partial charge in [-0.1, -0.05) is 18.2 Å². The SMILES string of the molecule is Cc1cc(NC[C@H]2CC[C@H](NS(=O)(=O)C(C)(C)C)CC2)c2ccccc2n1. The van der Waals surface area contributed by atoms with Gasteiger partial charge in [0, 0.05) is 29.4 Å². The molecule has 1 aliphatic rings. The Balaban J connectivity index is 1.56. The van der Waals surface area contributed by atoms with Crippen molar-refractivity contribution in [1.82, 2.24) is 9.71 Å². The summed E-state index contributed by atoms with van der Waals surface area (Å²) in [6.45, 7) is 8.15. The third-order valence-electron chi connectivity index (χ3n) is 5.40. The van der Waals surface area contributed by atoms with Crippen molar-refractivity contribution in [3.8, 4) is 0 Å². The number of anilines is 1. The fourth-order valence-electron chi connectivity index (χ4n) is 3.59. The molecule has 0 radical (unpaired) electrons. The number of hydrogen-bond acceptors (Lipinski definition) is 4. The second-order valence-corrected chi connectivity index (χ2v) is 11.1. The smallest absolute Gasteiger partial charge is 0.216 e. The molecule has 1 fully saturated rings. The highest BCUT2D eigenvalue weighted by Gasteiger charge is 2.32. The van der Waals surface area contributed by atoms with Gasteiger partial charge in [-0.05, 0) is 71.4 Å². The Kier molecular flexibility index (Phi) is 5.77. The average Bonchev–Trinajstić information content (AvgIpc) is 2.59. The molecule has 1 aromatic carbocycles. The van der Waals surface area contributed by atoms with E-state index < -0.39 is 14.8 Å². The van der Waals surface area contributed by atoms with Gasteiger partial charge in [-0.25, -0.2) is 13.1 Å². The Bertz CT molecular complexity index is 895. The minimum atomic E-state index is -3.27. The van der Waals surface area contributed by atoms with Crippen LogP contribution >= 0.6 is 0 Å². The predicted molar refractivity (Wildman–Crippen MR) is 113 cm³/mol. The summed E-state index contributed by atoms with van der Waals surface area (Å²) in [5, 5.41) is 4.75. The lowest BCUT2D eigenvalue weighted by atomic mass is 9.86. The van der Waals surface area contributed by atoms with Crippen molar-refractivity contribution in [1.29, 1.82) is 0 Å². The molecule has 0 atom stereocenters. The molecule has 148 valence electrons. The second kappa shape index (κ2) is 7.76. The molecule has 3 rings (SSSR count). The van der Waals surface area contributed by atoms with Crippen molar-refractivity contribution in [3.63, 3.8) is 0 Å². The Morgan fingerprint density at radius 1 is 1.11 bits per heavy atom. The number of benzene rings is 1. The Hall–Kier alpha value is -1.66. The molecule has 1 aromatic heterocycles. The first kappa shape index (κ1) is 20.1. The molecule has 0 bridgehead atoms. The zero-order chi connectivity index (χ0) is 19.7. The van der Waals surface area contributed by atoms with E-state index in [0.717, 1.165) is 54.5 Å². The molecule has 0 aliphatic heterocycles. The molecule has 0 amide bonds. The molecule has 0 spiro atoms. The van der Waals surface area contributed by atoms with Crippen LogP contribution in [-0.4, -0.2) is 30.7 Å². The summed E-state index contributed by atoms with van der Waals surface area (Å²) in [4.78, 5) is 4.59. The van der Waals surface area contributed by atoms with E-state index in [9.17, 15) is 8.42 Å². The van der Waals surface area contributed by atoms with Gasteiger partial charge in [0.2, 0.25) is 10.0 Å². The first-order valence-corrected chi connectivity index (χ1v) is 11.3. The van der Waals surface area contributed by atoms with Crippen molar-refractivity contribution in [2.75, 3.05) is 11.9 Å². The van der Waals surface area contributed by atoms with E-state index in [1.54, 1.807) is 20.8 Å². The lowest BCUT2D eigenvalue weighted by Gasteiger charge is -2.31. The standard InChI is InChI=1S/C21H31N3O2S/c1-15-13-20(18-7-5-6-8-19(18)23-15)22-14-16-9-11-17(12-10-16)24-27(25,26)21(2,3)4/h5-8,13,16-17,24H,9-12,14H2,1-4H3,(H,22,23)/t16-,17-. The Labute approximate surface area is 163 Å². The fraction of sp³-hybridized carbons (Fsp3) is 0.571. The molecule has 2 N–H and O–H groups in total. The molecule has 5 nitrogen and oxygen atoms in total. The summed E-state index contributed by atoms with van der Waals surface area (Å²) in [7, 11) is -3.27. The number of aryl methyl sites for hydroxylation is 1. The fourth-order valence-corrected chi connectivity index (χ4v) is 4.62. The number of para-hydroxylation sites is 1. The van der Waals surface area contributed by atoms with E-state index in [1.807, 2.05) is 25.1 Å². The van der Waals surface area contributed by atoms with Gasteiger partial charge in [0.25, 0.3) is 0 Å². The van der Waals surface area contributed by atoms with Gasteiger partial charge in [0.1, 0.15) is 0 Å². The molecule has 1 saturated carbocycles. The van der Waals surface area contributed by atoms with Crippen molar-refractivity contribution in [2.45, 2.75) is 64.2 Å². The number of hydrogen-bond donors (Lipinski definition) is 2. The van der Waals surface area contributed by atoms with Crippen LogP contribution in [0.1, 0.15) is 52.1 Å². The van der Waals surface area contributed by atoms with Crippen LogP contribution < -0.4 is 10.0 Å². The molecule has 1 heterocycles. The Morgan fingerprint density at radius 3 is 2.44 bits per heavy atom. The number of aromatic nitrogens is 1. The highest BCUT2D eigenvalue weighted by atomic mass is 32.2. The molecule has 0 unspecified atom stereocenters. The minimum absolute atomic E-state index is 0.0643. The van der Waals surface area contributed by atoms with E-state index in [0.29, 0.717) is 5.92 Å². The number of nitrogens with one attached hydrogen (secondary N) is 2. The maximum Gasteiger partial charge on any atom is 0.216 e. The summed E-state index contributed by atoms with van der Waals surface area (Å²) in [5.74, 6) is 0.563. The van der Waals surface area contributed by atoms with Gasteiger partial charge < -0.3 is 5.32 Å². The summed E-state index contributed by atoms with van der Waals surface area (Å²) < 4.78 is 26.8. The van der Waals surface area contributed by atoms with Gasteiger partial charge in [0.05, 0.1) is 10.3 Å². The van der Waals surface area contributed by atoms with Crippen molar-refractivity contribution in [3.05, 3.63) is 36.0 Å². The minimum Gasteiger partial charge on any atom is -0.384 e. The van der Waals surface area contributed by atoms with Gasteiger partial charge >= 0.3 is 0 Å². The molecular formula is C21H31N3O2S. The third-order valence-corrected chi connectivity index (χ3v) is 7.66. The van der Waals surface area contributed by atoms with Gasteiger partial charge in [0.15, 0.2) is 0 Å². The summed E-state index contributed by atoms with van der Waals surface area (Å²) in [6.07, 6.45) is 3.87. The van der Waals surface area contributed by atoms with Gasteiger partial charge in [-0.2, -0.15) is 0 Å². The first-order chi connectivity index (χ1) is 12.7. The van der Waals surface area contributed by atoms with Crippen LogP contribution in [0.4, 0.5) is 5.69 Å². The molecule has 1 aliphatic carbocycles. The van der Waals surface area contributed by atoms with Crippen LogP contribution in [0.15, 0.2) is 30.3 Å². The van der Waals surface area contributed by atoms with E-state index in [1.165, 1.54) is 0 Å². The van der Waals surface area contributed by atoms with Crippen LogP contribution in [0.2, 0.25) is 0 Å². The number of nitrogens with zero attached hydrogens (tertiary/aromatic N) is 1. The number of fused-ring (bicyclic) bond motifs is 1. The largest absolute Gasteiger partial charge is 0.384 e. The van der Waals surface area contributed by atoms with Gasteiger partial charge in [-0.15, -0.1) is 0 Å². The van der Waals surface area contributed by atoms with Crippen LogP contribution in [0.3, 0.4) is 0 Å². The molecule has 27 heavy (non-hydrogen) atoms. The zero-order valence-electron chi connectivity index (χ0n) is 16.7. The van der Waals surface area contributed by atoms with Crippen molar-refractivity contribution in [2.24, 2.45) is 5.92 Å². The maximum atomic E-state index is 12.3. The highest BCUT2D eigenvalue weighted by molar-refractivity contribution is 7.90. The molecule has 0 saturated heterocycles. The maximum absolute atomic E-state index is 12.3.